The Balaban J connectivity index is 1.55. The predicted octanol–water partition coefficient (Wildman–Crippen LogP) is 5.54. The Labute approximate surface area is 171 Å². The van der Waals surface area contributed by atoms with Crippen molar-refractivity contribution in [2.75, 3.05) is 5.32 Å². The van der Waals surface area contributed by atoms with Crippen molar-refractivity contribution in [1.82, 2.24) is 4.57 Å². The van der Waals surface area contributed by atoms with E-state index in [2.05, 4.69) is 67.1 Å². The summed E-state index contributed by atoms with van der Waals surface area (Å²) in [6, 6.07) is 14.5. The Morgan fingerprint density at radius 2 is 1.76 bits per heavy atom. The number of para-hydroxylation sites is 1. The normalized spacial score (nSPS) is 27.8. The van der Waals surface area contributed by atoms with Gasteiger partial charge in [0.15, 0.2) is 0 Å². The zero-order valence-electron chi connectivity index (χ0n) is 17.6. The van der Waals surface area contributed by atoms with E-state index < -0.39 is 5.41 Å². The Morgan fingerprint density at radius 3 is 2.41 bits per heavy atom. The number of carbonyl (C=O) groups excluding carboxylic acids is 2. The van der Waals surface area contributed by atoms with Gasteiger partial charge in [-0.2, -0.15) is 0 Å². The van der Waals surface area contributed by atoms with Crippen molar-refractivity contribution < 1.29 is 9.59 Å². The second kappa shape index (κ2) is 5.71. The average molecular weight is 389 g/mol. The molecular formula is C25H28N2O2. The predicted molar refractivity (Wildman–Crippen MR) is 117 cm³/mol. The highest BCUT2D eigenvalue weighted by molar-refractivity contribution is 6.10. The number of anilines is 1. The number of rotatable bonds is 3. The largest absolute Gasteiger partial charge is 0.341 e. The number of fused-ring (bicyclic) bond motifs is 5. The molecule has 2 aromatic carbocycles. The van der Waals surface area contributed by atoms with Crippen molar-refractivity contribution >= 4 is 39.2 Å². The van der Waals surface area contributed by atoms with Crippen LogP contribution in [0.3, 0.4) is 0 Å². The van der Waals surface area contributed by atoms with Crippen LogP contribution in [0.1, 0.15) is 47.0 Å². The van der Waals surface area contributed by atoms with Gasteiger partial charge in [-0.15, -0.1) is 0 Å². The van der Waals surface area contributed by atoms with Gasteiger partial charge in [-0.1, -0.05) is 39.0 Å². The molecule has 5 rings (SSSR count). The minimum Gasteiger partial charge on any atom is -0.341 e. The first-order valence-corrected chi connectivity index (χ1v) is 10.6. The fraction of sp³-hybridized carbons (Fsp3) is 0.440. The summed E-state index contributed by atoms with van der Waals surface area (Å²) in [5.41, 5.74) is 1.87. The Morgan fingerprint density at radius 1 is 1.03 bits per heavy atom. The van der Waals surface area contributed by atoms with Gasteiger partial charge in [0, 0.05) is 45.9 Å². The molecule has 1 heterocycles. The monoisotopic (exact) mass is 388 g/mol. The summed E-state index contributed by atoms with van der Waals surface area (Å²) in [5.74, 6) is 0.237. The van der Waals surface area contributed by atoms with E-state index in [1.54, 1.807) is 0 Å². The molecule has 29 heavy (non-hydrogen) atoms. The second-order valence-corrected chi connectivity index (χ2v) is 9.59. The number of ketones is 1. The lowest BCUT2D eigenvalue weighted by atomic mass is 9.64. The second-order valence-electron chi connectivity index (χ2n) is 9.59. The van der Waals surface area contributed by atoms with Gasteiger partial charge in [0.1, 0.15) is 5.78 Å². The highest BCUT2D eigenvalue weighted by Gasteiger charge is 2.72. The summed E-state index contributed by atoms with van der Waals surface area (Å²) in [7, 11) is 0. The van der Waals surface area contributed by atoms with Crippen LogP contribution >= 0.6 is 0 Å². The van der Waals surface area contributed by atoms with Crippen molar-refractivity contribution in [2.24, 2.45) is 16.2 Å². The molecule has 2 aliphatic rings. The zero-order chi connectivity index (χ0) is 20.6. The number of hydrogen-bond acceptors (Lipinski definition) is 2. The quantitative estimate of drug-likeness (QED) is 0.640. The number of benzene rings is 2. The third-order valence-electron chi connectivity index (χ3n) is 8.49. The van der Waals surface area contributed by atoms with Gasteiger partial charge in [-0.25, -0.2) is 0 Å². The van der Waals surface area contributed by atoms with Crippen LogP contribution < -0.4 is 5.32 Å². The van der Waals surface area contributed by atoms with Crippen molar-refractivity contribution in [3.05, 3.63) is 42.5 Å². The van der Waals surface area contributed by atoms with Crippen molar-refractivity contribution in [3.63, 3.8) is 0 Å². The molecule has 1 aromatic heterocycles. The molecule has 0 unspecified atom stereocenters. The Hall–Kier alpha value is -2.62. The molecule has 150 valence electrons. The fourth-order valence-electron chi connectivity index (χ4n) is 6.08. The van der Waals surface area contributed by atoms with E-state index in [-0.39, 0.29) is 22.5 Å². The number of amides is 1. The van der Waals surface area contributed by atoms with Gasteiger partial charge in [-0.05, 0) is 49.4 Å². The molecule has 3 aromatic rings. The molecule has 2 bridgehead atoms. The first-order valence-electron chi connectivity index (χ1n) is 10.6. The Kier molecular flexibility index (Phi) is 3.63. The lowest BCUT2D eigenvalue weighted by Gasteiger charge is -2.38. The van der Waals surface area contributed by atoms with Crippen molar-refractivity contribution in [3.8, 4) is 0 Å². The zero-order valence-corrected chi connectivity index (χ0v) is 17.6. The summed E-state index contributed by atoms with van der Waals surface area (Å²) in [6.07, 6.45) is 1.94. The molecule has 2 saturated carbocycles. The molecule has 2 atom stereocenters. The van der Waals surface area contributed by atoms with Crippen molar-refractivity contribution in [1.29, 1.82) is 0 Å². The topological polar surface area (TPSA) is 51.1 Å². The lowest BCUT2D eigenvalue weighted by molar-refractivity contribution is -0.131. The number of nitrogens with zero attached hydrogens (tertiary/aromatic N) is 1. The van der Waals surface area contributed by atoms with Crippen LogP contribution in [0.4, 0.5) is 5.69 Å². The third-order valence-corrected chi connectivity index (χ3v) is 8.49. The van der Waals surface area contributed by atoms with Gasteiger partial charge in [0.05, 0.1) is 5.41 Å². The van der Waals surface area contributed by atoms with E-state index in [0.29, 0.717) is 6.42 Å². The number of nitrogens with one attached hydrogen (secondary N) is 1. The van der Waals surface area contributed by atoms with Gasteiger partial charge in [-0.3, -0.25) is 9.59 Å². The average Bonchev–Trinajstić information content (AvgIpc) is 3.18. The third kappa shape index (κ3) is 2.09. The number of Topliss-reactive ketones (excluding diaryl/α,β-unsaturated/α-hetero) is 1. The molecule has 1 N–H and O–H groups in total. The van der Waals surface area contributed by atoms with Gasteiger partial charge >= 0.3 is 0 Å². The molecule has 0 aliphatic heterocycles. The number of carbonyl (C=O) groups is 2. The van der Waals surface area contributed by atoms with Crippen LogP contribution in [-0.4, -0.2) is 16.3 Å². The minimum absolute atomic E-state index is 0.00402. The molecule has 4 nitrogen and oxygen atoms in total. The SMILES string of the molecule is CCn1c2ccccc2c2cc(NC(=O)[C@]34CC[C@](C)(C(=O)C3)C4(C)C)ccc21. The van der Waals surface area contributed by atoms with E-state index in [1.165, 1.54) is 16.4 Å². The maximum Gasteiger partial charge on any atom is 0.231 e. The molecule has 2 aliphatic carbocycles. The number of aromatic nitrogens is 1. The van der Waals surface area contributed by atoms with Gasteiger partial charge in [0.2, 0.25) is 5.91 Å². The minimum atomic E-state index is -0.606. The molecule has 0 spiro atoms. The first-order chi connectivity index (χ1) is 13.7. The van der Waals surface area contributed by atoms with Crippen LogP contribution in [0.5, 0.6) is 0 Å². The standard InChI is InChI=1S/C25H28N2O2/c1-5-27-19-9-7-6-8-17(19)18-14-16(10-11-20(18)27)26-22(29)25-13-12-24(4,21(28)15-25)23(25,2)3/h6-11,14H,5,12-13,15H2,1-4H3,(H,26,29)/t24-,25+/m1/s1. The number of aryl methyl sites for hydroxylation is 1. The summed E-state index contributed by atoms with van der Waals surface area (Å²) < 4.78 is 2.30. The molecule has 2 fully saturated rings. The summed E-state index contributed by atoms with van der Waals surface area (Å²) >= 11 is 0. The molecular weight excluding hydrogens is 360 g/mol. The van der Waals surface area contributed by atoms with E-state index in [1.807, 2.05) is 13.0 Å². The van der Waals surface area contributed by atoms with Gasteiger partial charge in [0.25, 0.3) is 0 Å². The highest BCUT2D eigenvalue weighted by Crippen LogP contribution is 2.70. The maximum absolute atomic E-state index is 13.5. The maximum atomic E-state index is 13.5. The highest BCUT2D eigenvalue weighted by atomic mass is 16.2. The molecule has 1 amide bonds. The number of hydrogen-bond donors (Lipinski definition) is 1. The fourth-order valence-corrected chi connectivity index (χ4v) is 6.08. The van der Waals surface area contributed by atoms with Crippen molar-refractivity contribution in [2.45, 2.75) is 53.5 Å². The lowest BCUT2D eigenvalue weighted by Crippen LogP contribution is -2.43. The van der Waals surface area contributed by atoms with Crippen LogP contribution in [-0.2, 0) is 16.1 Å². The molecule has 4 heteroatoms. The smallest absolute Gasteiger partial charge is 0.231 e. The summed E-state index contributed by atoms with van der Waals surface area (Å²) in [5, 5.41) is 5.53. The van der Waals surface area contributed by atoms with Crippen LogP contribution in [0, 0.1) is 16.2 Å². The van der Waals surface area contributed by atoms with Crippen LogP contribution in [0.25, 0.3) is 21.8 Å². The molecule has 0 radical (unpaired) electrons. The van der Waals surface area contributed by atoms with E-state index in [9.17, 15) is 9.59 Å². The van der Waals surface area contributed by atoms with E-state index in [4.69, 9.17) is 0 Å². The first kappa shape index (κ1) is 18.4. The van der Waals surface area contributed by atoms with Crippen LogP contribution in [0.2, 0.25) is 0 Å². The van der Waals surface area contributed by atoms with Crippen LogP contribution in [0.15, 0.2) is 42.5 Å². The van der Waals surface area contributed by atoms with Gasteiger partial charge < -0.3 is 9.88 Å². The summed E-state index contributed by atoms with van der Waals surface area (Å²) in [6.45, 7) is 9.29. The van der Waals surface area contributed by atoms with E-state index >= 15 is 0 Å². The molecule has 0 saturated heterocycles. The van der Waals surface area contributed by atoms with E-state index in [0.717, 1.165) is 30.5 Å². The Bertz CT molecular complexity index is 1190. The summed E-state index contributed by atoms with van der Waals surface area (Å²) in [4.78, 5) is 26.2.